The molecule has 1 amide bonds. The van der Waals surface area contributed by atoms with E-state index in [0.29, 0.717) is 11.4 Å². The molecule has 0 aliphatic carbocycles. The average Bonchev–Trinajstić information content (AvgIpc) is 2.47. The van der Waals surface area contributed by atoms with E-state index in [1.54, 1.807) is 19.1 Å². The van der Waals surface area contributed by atoms with Gasteiger partial charge in [-0.05, 0) is 24.6 Å². The molecule has 14 heavy (non-hydrogen) atoms. The highest BCUT2D eigenvalue weighted by atomic mass is 19.1. The molecule has 1 unspecified atom stereocenters. The summed E-state index contributed by atoms with van der Waals surface area (Å²) in [7, 11) is 0. The van der Waals surface area contributed by atoms with Gasteiger partial charge < -0.3 is 5.32 Å². The van der Waals surface area contributed by atoms with Crippen LogP contribution in [0.2, 0.25) is 0 Å². The maximum absolute atomic E-state index is 12.6. The Kier molecular flexibility index (Phi) is 2.04. The Hall–Kier alpha value is -1.71. The lowest BCUT2D eigenvalue weighted by Gasteiger charge is -2.03. The third kappa shape index (κ3) is 1.51. The van der Waals surface area contributed by atoms with Gasteiger partial charge in [-0.3, -0.25) is 9.79 Å². The Morgan fingerprint density at radius 1 is 1.36 bits per heavy atom. The Labute approximate surface area is 80.7 Å². The standard InChI is InChI=1S/C10H9FN2O/c1-6-12-9(10(14)13-6)7-2-4-8(11)5-3-7/h2-5,9H,1H3,(H,12,13,14). The van der Waals surface area contributed by atoms with Crippen molar-refractivity contribution in [3.05, 3.63) is 35.6 Å². The largest absolute Gasteiger partial charge is 0.313 e. The summed E-state index contributed by atoms with van der Waals surface area (Å²) in [6.45, 7) is 1.72. The normalized spacial score (nSPS) is 20.6. The number of amidine groups is 1. The van der Waals surface area contributed by atoms with Crippen LogP contribution >= 0.6 is 0 Å². The number of carbonyl (C=O) groups excluding carboxylic acids is 1. The first-order valence-electron chi connectivity index (χ1n) is 4.27. The van der Waals surface area contributed by atoms with Crippen molar-refractivity contribution in [1.29, 1.82) is 0 Å². The summed E-state index contributed by atoms with van der Waals surface area (Å²) in [5.74, 6) is 0.131. The molecule has 0 radical (unpaired) electrons. The predicted octanol–water partition coefficient (Wildman–Crippen LogP) is 1.41. The van der Waals surface area contributed by atoms with Gasteiger partial charge in [0.2, 0.25) is 0 Å². The molecule has 0 fully saturated rings. The summed E-state index contributed by atoms with van der Waals surface area (Å²) in [5.41, 5.74) is 0.709. The second-order valence-corrected chi connectivity index (χ2v) is 3.16. The molecule has 0 bridgehead atoms. The maximum Gasteiger partial charge on any atom is 0.254 e. The van der Waals surface area contributed by atoms with Gasteiger partial charge in [0.05, 0.1) is 0 Å². The topological polar surface area (TPSA) is 41.5 Å². The summed E-state index contributed by atoms with van der Waals surface area (Å²) in [5, 5.41) is 2.60. The van der Waals surface area contributed by atoms with E-state index in [9.17, 15) is 9.18 Å². The number of benzene rings is 1. The van der Waals surface area contributed by atoms with Gasteiger partial charge in [-0.1, -0.05) is 12.1 Å². The number of rotatable bonds is 1. The van der Waals surface area contributed by atoms with Crippen LogP contribution in [0.15, 0.2) is 29.3 Å². The van der Waals surface area contributed by atoms with E-state index in [-0.39, 0.29) is 11.7 Å². The highest BCUT2D eigenvalue weighted by Crippen LogP contribution is 2.21. The molecule has 0 saturated heterocycles. The van der Waals surface area contributed by atoms with E-state index in [4.69, 9.17) is 0 Å². The second kappa shape index (κ2) is 3.21. The van der Waals surface area contributed by atoms with Crippen LogP contribution in [0.1, 0.15) is 18.5 Å². The first-order valence-corrected chi connectivity index (χ1v) is 4.27. The Morgan fingerprint density at radius 3 is 2.50 bits per heavy atom. The molecule has 1 atom stereocenters. The van der Waals surface area contributed by atoms with Crippen molar-refractivity contribution in [2.24, 2.45) is 4.99 Å². The summed E-state index contributed by atoms with van der Waals surface area (Å²) in [6.07, 6.45) is 0. The van der Waals surface area contributed by atoms with Crippen LogP contribution in [0, 0.1) is 5.82 Å². The number of amides is 1. The summed E-state index contributed by atoms with van der Waals surface area (Å²) in [4.78, 5) is 15.5. The molecule has 1 heterocycles. The van der Waals surface area contributed by atoms with Crippen molar-refractivity contribution in [1.82, 2.24) is 5.32 Å². The Bertz CT molecular complexity index is 397. The quantitative estimate of drug-likeness (QED) is 0.718. The molecule has 1 aliphatic heterocycles. The van der Waals surface area contributed by atoms with E-state index < -0.39 is 6.04 Å². The molecule has 2 rings (SSSR count). The molecule has 0 saturated carbocycles. The van der Waals surface area contributed by atoms with Gasteiger partial charge in [-0.15, -0.1) is 0 Å². The fourth-order valence-electron chi connectivity index (χ4n) is 1.40. The van der Waals surface area contributed by atoms with E-state index >= 15 is 0 Å². The minimum Gasteiger partial charge on any atom is -0.313 e. The highest BCUT2D eigenvalue weighted by molar-refractivity contribution is 6.05. The number of hydrogen-bond acceptors (Lipinski definition) is 2. The molecule has 0 spiro atoms. The second-order valence-electron chi connectivity index (χ2n) is 3.16. The zero-order chi connectivity index (χ0) is 10.1. The van der Waals surface area contributed by atoms with Gasteiger partial charge in [-0.25, -0.2) is 4.39 Å². The minimum absolute atomic E-state index is 0.158. The molecule has 3 nitrogen and oxygen atoms in total. The number of carbonyl (C=O) groups is 1. The van der Waals surface area contributed by atoms with Gasteiger partial charge in [0.1, 0.15) is 11.7 Å². The van der Waals surface area contributed by atoms with E-state index in [1.165, 1.54) is 12.1 Å². The third-order valence-corrected chi connectivity index (χ3v) is 2.06. The maximum atomic E-state index is 12.6. The molecule has 72 valence electrons. The predicted molar refractivity (Wildman–Crippen MR) is 50.4 cm³/mol. The zero-order valence-corrected chi connectivity index (χ0v) is 7.62. The fraction of sp³-hybridized carbons (Fsp3) is 0.200. The number of aliphatic imine (C=N–C) groups is 1. The fourth-order valence-corrected chi connectivity index (χ4v) is 1.40. The van der Waals surface area contributed by atoms with Crippen LogP contribution in [0.4, 0.5) is 4.39 Å². The van der Waals surface area contributed by atoms with Gasteiger partial charge in [0.15, 0.2) is 6.04 Å². The summed E-state index contributed by atoms with van der Waals surface area (Å²) < 4.78 is 12.6. The van der Waals surface area contributed by atoms with Crippen molar-refractivity contribution >= 4 is 11.7 Å². The summed E-state index contributed by atoms with van der Waals surface area (Å²) in [6, 6.07) is 5.27. The third-order valence-electron chi connectivity index (χ3n) is 2.06. The lowest BCUT2D eigenvalue weighted by atomic mass is 10.1. The number of halogens is 1. The van der Waals surface area contributed by atoms with Crippen molar-refractivity contribution in [3.63, 3.8) is 0 Å². The molecule has 0 aromatic heterocycles. The molecule has 1 N–H and O–H groups in total. The molecule has 4 heteroatoms. The van der Waals surface area contributed by atoms with Crippen molar-refractivity contribution in [2.45, 2.75) is 13.0 Å². The lowest BCUT2D eigenvalue weighted by Crippen LogP contribution is -2.23. The van der Waals surface area contributed by atoms with E-state index in [1.807, 2.05) is 0 Å². The number of nitrogens with one attached hydrogen (secondary N) is 1. The van der Waals surface area contributed by atoms with Gasteiger partial charge in [0, 0.05) is 0 Å². The monoisotopic (exact) mass is 192 g/mol. The van der Waals surface area contributed by atoms with Gasteiger partial charge in [-0.2, -0.15) is 0 Å². The van der Waals surface area contributed by atoms with E-state index in [2.05, 4.69) is 10.3 Å². The van der Waals surface area contributed by atoms with Crippen LogP contribution in [0.25, 0.3) is 0 Å². The lowest BCUT2D eigenvalue weighted by molar-refractivity contribution is -0.120. The van der Waals surface area contributed by atoms with Crippen LogP contribution in [-0.4, -0.2) is 11.7 Å². The van der Waals surface area contributed by atoms with Crippen LogP contribution < -0.4 is 5.32 Å². The van der Waals surface area contributed by atoms with Crippen LogP contribution in [0.3, 0.4) is 0 Å². The first-order chi connectivity index (χ1) is 6.66. The first kappa shape index (κ1) is 8.87. The van der Waals surface area contributed by atoms with Crippen molar-refractivity contribution in [2.75, 3.05) is 0 Å². The van der Waals surface area contributed by atoms with Gasteiger partial charge >= 0.3 is 0 Å². The molecule has 1 aliphatic rings. The minimum atomic E-state index is -0.518. The van der Waals surface area contributed by atoms with Gasteiger partial charge in [0.25, 0.3) is 5.91 Å². The van der Waals surface area contributed by atoms with Crippen molar-refractivity contribution in [3.8, 4) is 0 Å². The molecular weight excluding hydrogens is 183 g/mol. The average molecular weight is 192 g/mol. The highest BCUT2D eigenvalue weighted by Gasteiger charge is 2.25. The Morgan fingerprint density at radius 2 is 2.00 bits per heavy atom. The molecule has 1 aromatic carbocycles. The van der Waals surface area contributed by atoms with E-state index in [0.717, 1.165) is 0 Å². The van der Waals surface area contributed by atoms with Crippen LogP contribution in [-0.2, 0) is 4.79 Å². The SMILES string of the molecule is CC1=NC(c2ccc(F)cc2)C(=O)N1. The zero-order valence-electron chi connectivity index (χ0n) is 7.62. The number of hydrogen-bond donors (Lipinski definition) is 1. The molecular formula is C10H9FN2O. The van der Waals surface area contributed by atoms with Crippen molar-refractivity contribution < 1.29 is 9.18 Å². The number of nitrogens with zero attached hydrogens (tertiary/aromatic N) is 1. The van der Waals surface area contributed by atoms with Crippen LogP contribution in [0.5, 0.6) is 0 Å². The molecule has 1 aromatic rings. The summed E-state index contributed by atoms with van der Waals surface area (Å²) >= 11 is 0. The Balaban J connectivity index is 2.32. The smallest absolute Gasteiger partial charge is 0.254 e.